The SMILES string of the molecule is C[C@@H]1CC[C@H]2C(=O)C[C@H]3CC[C@@]12C3. The minimum absolute atomic E-state index is 0.473. The first-order valence-electron chi connectivity index (χ1n) is 5.75. The van der Waals surface area contributed by atoms with Gasteiger partial charge in [-0.05, 0) is 49.4 Å². The highest BCUT2D eigenvalue weighted by molar-refractivity contribution is 5.83. The minimum atomic E-state index is 0.473. The quantitative estimate of drug-likeness (QED) is 0.557. The number of hydrogen-bond acceptors (Lipinski definition) is 1. The van der Waals surface area contributed by atoms with E-state index >= 15 is 0 Å². The van der Waals surface area contributed by atoms with Crippen LogP contribution in [0.5, 0.6) is 0 Å². The summed E-state index contributed by atoms with van der Waals surface area (Å²) in [4.78, 5) is 11.9. The highest BCUT2D eigenvalue weighted by atomic mass is 16.1. The number of carbonyl (C=O) groups is 1. The average molecular weight is 178 g/mol. The van der Waals surface area contributed by atoms with E-state index in [1.807, 2.05) is 0 Å². The summed E-state index contributed by atoms with van der Waals surface area (Å²) in [6, 6.07) is 0. The number of rotatable bonds is 0. The molecule has 0 N–H and O–H groups in total. The second kappa shape index (κ2) is 2.37. The molecule has 1 heteroatoms. The number of Topliss-reactive ketones (excluding diaryl/α,β-unsaturated/α-hetero) is 1. The van der Waals surface area contributed by atoms with E-state index < -0.39 is 0 Å². The lowest BCUT2D eigenvalue weighted by atomic mass is 9.65. The Labute approximate surface area is 79.9 Å². The lowest BCUT2D eigenvalue weighted by molar-refractivity contribution is -0.129. The third kappa shape index (κ3) is 0.858. The van der Waals surface area contributed by atoms with Gasteiger partial charge in [0.15, 0.2) is 0 Å². The largest absolute Gasteiger partial charge is 0.299 e. The van der Waals surface area contributed by atoms with E-state index in [0.717, 1.165) is 18.3 Å². The third-order valence-corrected chi connectivity index (χ3v) is 5.13. The summed E-state index contributed by atoms with van der Waals surface area (Å²) < 4.78 is 0. The van der Waals surface area contributed by atoms with Crippen molar-refractivity contribution in [2.45, 2.75) is 45.4 Å². The maximum atomic E-state index is 11.9. The molecule has 4 atom stereocenters. The van der Waals surface area contributed by atoms with Crippen LogP contribution in [-0.2, 0) is 4.79 Å². The Balaban J connectivity index is 2.03. The summed E-state index contributed by atoms with van der Waals surface area (Å²) in [5.74, 6) is 2.68. The van der Waals surface area contributed by atoms with Crippen molar-refractivity contribution in [1.82, 2.24) is 0 Å². The van der Waals surface area contributed by atoms with Crippen LogP contribution in [0.25, 0.3) is 0 Å². The van der Waals surface area contributed by atoms with E-state index in [0.29, 0.717) is 17.1 Å². The number of hydrogen-bond donors (Lipinski definition) is 0. The van der Waals surface area contributed by atoms with Gasteiger partial charge in [-0.2, -0.15) is 0 Å². The number of carbonyl (C=O) groups excluding carboxylic acids is 1. The van der Waals surface area contributed by atoms with Gasteiger partial charge in [-0.15, -0.1) is 0 Å². The molecular formula is C12H18O. The van der Waals surface area contributed by atoms with Crippen molar-refractivity contribution in [2.24, 2.45) is 23.2 Å². The lowest BCUT2D eigenvalue weighted by Gasteiger charge is -2.38. The molecule has 3 aliphatic carbocycles. The zero-order valence-electron chi connectivity index (χ0n) is 8.38. The lowest BCUT2D eigenvalue weighted by Crippen LogP contribution is -2.36. The van der Waals surface area contributed by atoms with Crippen molar-refractivity contribution in [2.75, 3.05) is 0 Å². The summed E-state index contributed by atoms with van der Waals surface area (Å²) in [6.07, 6.45) is 7.50. The van der Waals surface area contributed by atoms with Gasteiger partial charge in [0.2, 0.25) is 0 Å². The molecule has 0 heterocycles. The van der Waals surface area contributed by atoms with Crippen LogP contribution in [0.1, 0.15) is 45.4 Å². The maximum Gasteiger partial charge on any atom is 0.136 e. The van der Waals surface area contributed by atoms with Crippen LogP contribution in [0.2, 0.25) is 0 Å². The molecule has 1 nitrogen and oxygen atoms in total. The molecule has 0 amide bonds. The van der Waals surface area contributed by atoms with Crippen molar-refractivity contribution in [3.63, 3.8) is 0 Å². The van der Waals surface area contributed by atoms with Crippen molar-refractivity contribution >= 4 is 5.78 Å². The molecule has 0 aromatic rings. The zero-order chi connectivity index (χ0) is 9.05. The van der Waals surface area contributed by atoms with E-state index in [1.165, 1.54) is 32.1 Å². The fourth-order valence-corrected chi connectivity index (χ4v) is 4.40. The van der Waals surface area contributed by atoms with E-state index in [1.54, 1.807) is 0 Å². The molecule has 3 rings (SSSR count). The molecule has 72 valence electrons. The van der Waals surface area contributed by atoms with Crippen molar-refractivity contribution < 1.29 is 4.79 Å². The van der Waals surface area contributed by atoms with Crippen LogP contribution < -0.4 is 0 Å². The molecule has 0 aromatic carbocycles. The second-order valence-electron chi connectivity index (χ2n) is 5.54. The minimum Gasteiger partial charge on any atom is -0.299 e. The molecule has 0 radical (unpaired) electrons. The highest BCUT2D eigenvalue weighted by Gasteiger charge is 2.57. The van der Waals surface area contributed by atoms with Crippen LogP contribution in [-0.4, -0.2) is 5.78 Å². The molecule has 3 fully saturated rings. The van der Waals surface area contributed by atoms with Crippen molar-refractivity contribution in [3.05, 3.63) is 0 Å². The molecule has 0 aliphatic heterocycles. The van der Waals surface area contributed by atoms with Crippen LogP contribution in [0, 0.1) is 23.2 Å². The van der Waals surface area contributed by atoms with Crippen LogP contribution in [0.4, 0.5) is 0 Å². The molecule has 0 saturated heterocycles. The Morgan fingerprint density at radius 2 is 2.15 bits per heavy atom. The number of ketones is 1. The van der Waals surface area contributed by atoms with Gasteiger partial charge < -0.3 is 0 Å². The van der Waals surface area contributed by atoms with Gasteiger partial charge in [0.1, 0.15) is 5.78 Å². The van der Waals surface area contributed by atoms with E-state index in [-0.39, 0.29) is 0 Å². The summed E-state index contributed by atoms with van der Waals surface area (Å²) in [5, 5.41) is 0. The summed E-state index contributed by atoms with van der Waals surface area (Å²) in [5.41, 5.74) is 0.486. The van der Waals surface area contributed by atoms with Gasteiger partial charge in [-0.3, -0.25) is 4.79 Å². The predicted molar refractivity (Wildman–Crippen MR) is 51.3 cm³/mol. The van der Waals surface area contributed by atoms with E-state index in [9.17, 15) is 4.79 Å². The van der Waals surface area contributed by atoms with Gasteiger partial charge >= 0.3 is 0 Å². The fraction of sp³-hybridized carbons (Fsp3) is 0.917. The van der Waals surface area contributed by atoms with Crippen LogP contribution in [0.15, 0.2) is 0 Å². The normalized spacial score (nSPS) is 53.9. The third-order valence-electron chi connectivity index (χ3n) is 5.13. The Bertz CT molecular complexity index is 258. The summed E-state index contributed by atoms with van der Waals surface area (Å²) in [7, 11) is 0. The maximum absolute atomic E-state index is 11.9. The van der Waals surface area contributed by atoms with Crippen LogP contribution in [0.3, 0.4) is 0 Å². The standard InChI is InChI=1S/C12H18O/c1-8-2-3-10-11(13)6-9-4-5-12(8,10)7-9/h8-10H,2-7H2,1H3/t8-,9-,10+,12-/m1/s1. The number of fused-ring (bicyclic) bond motifs is 1. The Morgan fingerprint density at radius 3 is 3.00 bits per heavy atom. The monoisotopic (exact) mass is 178 g/mol. The van der Waals surface area contributed by atoms with Gasteiger partial charge in [-0.25, -0.2) is 0 Å². The smallest absolute Gasteiger partial charge is 0.136 e. The highest BCUT2D eigenvalue weighted by Crippen LogP contribution is 2.63. The topological polar surface area (TPSA) is 17.1 Å². The molecule has 3 saturated carbocycles. The second-order valence-corrected chi connectivity index (χ2v) is 5.54. The van der Waals surface area contributed by atoms with Crippen LogP contribution >= 0.6 is 0 Å². The Kier molecular flexibility index (Phi) is 1.46. The fourth-order valence-electron chi connectivity index (χ4n) is 4.40. The molecule has 2 bridgehead atoms. The van der Waals surface area contributed by atoms with E-state index in [4.69, 9.17) is 0 Å². The summed E-state index contributed by atoms with van der Waals surface area (Å²) >= 11 is 0. The van der Waals surface area contributed by atoms with Gasteiger partial charge in [0.05, 0.1) is 0 Å². The Hall–Kier alpha value is -0.330. The molecular weight excluding hydrogens is 160 g/mol. The van der Waals surface area contributed by atoms with E-state index in [2.05, 4.69) is 6.92 Å². The first-order chi connectivity index (χ1) is 6.22. The molecule has 1 spiro atoms. The molecule has 0 aromatic heterocycles. The predicted octanol–water partition coefficient (Wildman–Crippen LogP) is 2.79. The van der Waals surface area contributed by atoms with Gasteiger partial charge in [0, 0.05) is 12.3 Å². The molecule has 0 unspecified atom stereocenters. The summed E-state index contributed by atoms with van der Waals surface area (Å²) in [6.45, 7) is 2.38. The molecule has 3 aliphatic rings. The van der Waals surface area contributed by atoms with Gasteiger partial charge in [0.25, 0.3) is 0 Å². The Morgan fingerprint density at radius 1 is 1.31 bits per heavy atom. The molecule has 13 heavy (non-hydrogen) atoms. The van der Waals surface area contributed by atoms with Crippen molar-refractivity contribution in [3.8, 4) is 0 Å². The zero-order valence-corrected chi connectivity index (χ0v) is 8.38. The first kappa shape index (κ1) is 8.02. The van der Waals surface area contributed by atoms with Gasteiger partial charge in [-0.1, -0.05) is 6.92 Å². The average Bonchev–Trinajstić information content (AvgIpc) is 2.59. The van der Waals surface area contributed by atoms with Crippen molar-refractivity contribution in [1.29, 1.82) is 0 Å². The first-order valence-corrected chi connectivity index (χ1v) is 5.75.